The summed E-state index contributed by atoms with van der Waals surface area (Å²) in [5.41, 5.74) is 14.5. The third-order valence-corrected chi connectivity index (χ3v) is 5.24. The molecule has 0 atom stereocenters. The summed E-state index contributed by atoms with van der Waals surface area (Å²) in [4.78, 5) is 7.43. The van der Waals surface area contributed by atoms with Crippen LogP contribution in [0.25, 0.3) is 0 Å². The van der Waals surface area contributed by atoms with Gasteiger partial charge in [-0.05, 0) is 26.0 Å². The van der Waals surface area contributed by atoms with Crippen LogP contribution in [0.5, 0.6) is 5.75 Å². The van der Waals surface area contributed by atoms with Crippen LogP contribution in [0.2, 0.25) is 0 Å². The lowest BCUT2D eigenvalue weighted by Crippen LogP contribution is -2.52. The molecule has 2 fully saturated rings. The number of piperidine rings is 1. The number of piperazine rings is 1. The van der Waals surface area contributed by atoms with E-state index in [4.69, 9.17) is 16.2 Å². The Hall–Kier alpha value is -1.66. The molecule has 1 aromatic rings. The van der Waals surface area contributed by atoms with Gasteiger partial charge in [0.05, 0.1) is 24.2 Å². The van der Waals surface area contributed by atoms with E-state index in [1.807, 2.05) is 6.07 Å². The van der Waals surface area contributed by atoms with Gasteiger partial charge in [-0.3, -0.25) is 4.90 Å². The average Bonchev–Trinajstić information content (AvgIpc) is 2.56. The molecule has 2 aliphatic heterocycles. The van der Waals surface area contributed by atoms with Crippen LogP contribution >= 0.6 is 0 Å². The number of nitrogen functional groups attached to an aromatic ring is 2. The van der Waals surface area contributed by atoms with E-state index in [1.165, 1.54) is 39.0 Å². The molecule has 6 nitrogen and oxygen atoms in total. The zero-order chi connectivity index (χ0) is 16.4. The van der Waals surface area contributed by atoms with Crippen LogP contribution in [-0.2, 0) is 0 Å². The first-order chi connectivity index (χ1) is 11.1. The third-order valence-electron chi connectivity index (χ3n) is 5.24. The van der Waals surface area contributed by atoms with Crippen molar-refractivity contribution >= 4 is 17.1 Å². The SMILES string of the molecule is COc1cc(N2CCC(N3CCN(C)CC3)CC2)c(N)cc1N. The maximum absolute atomic E-state index is 6.18. The van der Waals surface area contributed by atoms with E-state index in [0.717, 1.165) is 24.5 Å². The van der Waals surface area contributed by atoms with Crippen molar-refractivity contribution in [3.8, 4) is 5.75 Å². The van der Waals surface area contributed by atoms with Crippen molar-refractivity contribution < 1.29 is 4.74 Å². The predicted octanol–water partition coefficient (Wildman–Crippen LogP) is 1.08. The van der Waals surface area contributed by atoms with Gasteiger partial charge in [-0.25, -0.2) is 0 Å². The van der Waals surface area contributed by atoms with Gasteiger partial charge in [-0.1, -0.05) is 0 Å². The number of nitrogens with two attached hydrogens (primary N) is 2. The maximum atomic E-state index is 6.18. The van der Waals surface area contributed by atoms with E-state index in [9.17, 15) is 0 Å². The van der Waals surface area contributed by atoms with E-state index in [2.05, 4.69) is 21.7 Å². The Morgan fingerprint density at radius 1 is 0.957 bits per heavy atom. The van der Waals surface area contributed by atoms with Gasteiger partial charge in [0.2, 0.25) is 0 Å². The Balaban J connectivity index is 1.63. The van der Waals surface area contributed by atoms with E-state index in [-0.39, 0.29) is 0 Å². The number of ether oxygens (including phenoxy) is 1. The zero-order valence-electron chi connectivity index (χ0n) is 14.3. The number of hydrogen-bond donors (Lipinski definition) is 2. The minimum Gasteiger partial charge on any atom is -0.495 e. The summed E-state index contributed by atoms with van der Waals surface area (Å²) >= 11 is 0. The molecule has 2 heterocycles. The summed E-state index contributed by atoms with van der Waals surface area (Å²) in [5, 5.41) is 0. The highest BCUT2D eigenvalue weighted by molar-refractivity contribution is 5.76. The minimum atomic E-state index is 0.598. The first kappa shape index (κ1) is 16.2. The van der Waals surface area contributed by atoms with Gasteiger partial charge >= 0.3 is 0 Å². The molecule has 1 aromatic carbocycles. The maximum Gasteiger partial charge on any atom is 0.143 e. The van der Waals surface area contributed by atoms with Crippen molar-refractivity contribution in [2.75, 3.05) is 69.8 Å². The molecular formula is C17H29N5O. The van der Waals surface area contributed by atoms with Crippen LogP contribution in [0, 0.1) is 0 Å². The molecule has 0 unspecified atom stereocenters. The second-order valence-electron chi connectivity index (χ2n) is 6.71. The summed E-state index contributed by atoms with van der Waals surface area (Å²) in [6, 6.07) is 4.48. The fourth-order valence-corrected chi connectivity index (χ4v) is 3.71. The number of rotatable bonds is 3. The number of anilines is 3. The molecule has 0 aromatic heterocycles. The molecule has 0 radical (unpaired) electrons. The fourth-order valence-electron chi connectivity index (χ4n) is 3.71. The van der Waals surface area contributed by atoms with Crippen LogP contribution in [0.1, 0.15) is 12.8 Å². The molecule has 0 bridgehead atoms. The Bertz CT molecular complexity index is 534. The highest BCUT2D eigenvalue weighted by Gasteiger charge is 2.27. The van der Waals surface area contributed by atoms with Crippen LogP contribution in [0.15, 0.2) is 12.1 Å². The molecule has 2 saturated heterocycles. The number of nitrogens with zero attached hydrogens (tertiary/aromatic N) is 3. The second-order valence-corrected chi connectivity index (χ2v) is 6.71. The largest absolute Gasteiger partial charge is 0.495 e. The monoisotopic (exact) mass is 319 g/mol. The smallest absolute Gasteiger partial charge is 0.143 e. The Morgan fingerprint density at radius 3 is 2.22 bits per heavy atom. The standard InChI is InChI=1S/C17H29N5O/c1-20-7-9-21(10-8-20)13-3-5-22(6-4-13)16-12-17(23-2)15(19)11-14(16)18/h11-13H,3-10,18-19H2,1-2H3. The molecule has 0 spiro atoms. The number of likely N-dealkylation sites (N-methyl/N-ethyl adjacent to an activating group) is 1. The van der Waals surface area contributed by atoms with Crippen molar-refractivity contribution in [1.29, 1.82) is 0 Å². The Labute approximate surface area is 139 Å². The van der Waals surface area contributed by atoms with E-state index >= 15 is 0 Å². The third kappa shape index (κ3) is 3.48. The molecule has 0 aliphatic carbocycles. The average molecular weight is 319 g/mol. The molecule has 128 valence electrons. The van der Waals surface area contributed by atoms with Gasteiger partial charge < -0.3 is 26.0 Å². The lowest BCUT2D eigenvalue weighted by molar-refractivity contribution is 0.0982. The lowest BCUT2D eigenvalue weighted by atomic mass is 10.0. The Kier molecular flexibility index (Phi) is 4.82. The van der Waals surface area contributed by atoms with Gasteiger partial charge in [0.25, 0.3) is 0 Å². The van der Waals surface area contributed by atoms with Crippen LogP contribution < -0.4 is 21.1 Å². The van der Waals surface area contributed by atoms with Crippen LogP contribution in [0.4, 0.5) is 17.1 Å². The summed E-state index contributed by atoms with van der Waals surface area (Å²) in [6.45, 7) is 6.82. The highest BCUT2D eigenvalue weighted by atomic mass is 16.5. The molecule has 6 heteroatoms. The van der Waals surface area contributed by atoms with Gasteiger partial charge in [0, 0.05) is 51.4 Å². The summed E-state index contributed by atoms with van der Waals surface area (Å²) in [6.07, 6.45) is 2.38. The van der Waals surface area contributed by atoms with Crippen molar-refractivity contribution in [1.82, 2.24) is 9.80 Å². The summed E-state index contributed by atoms with van der Waals surface area (Å²) in [7, 11) is 3.85. The molecule has 23 heavy (non-hydrogen) atoms. The van der Waals surface area contributed by atoms with Gasteiger partial charge in [-0.2, -0.15) is 0 Å². The second kappa shape index (κ2) is 6.84. The zero-order valence-corrected chi connectivity index (χ0v) is 14.3. The topological polar surface area (TPSA) is 71.0 Å². The van der Waals surface area contributed by atoms with E-state index in [1.54, 1.807) is 13.2 Å². The number of benzene rings is 1. The predicted molar refractivity (Wildman–Crippen MR) is 96.1 cm³/mol. The van der Waals surface area contributed by atoms with Crippen molar-refractivity contribution in [3.05, 3.63) is 12.1 Å². The normalized spacial score (nSPS) is 21.6. The van der Waals surface area contributed by atoms with Gasteiger partial charge in [0.15, 0.2) is 0 Å². The summed E-state index contributed by atoms with van der Waals surface area (Å²) in [5.74, 6) is 0.704. The van der Waals surface area contributed by atoms with E-state index < -0.39 is 0 Å². The van der Waals surface area contributed by atoms with Crippen LogP contribution in [0.3, 0.4) is 0 Å². The minimum absolute atomic E-state index is 0.598. The first-order valence-corrected chi connectivity index (χ1v) is 8.49. The Morgan fingerprint density at radius 2 is 1.61 bits per heavy atom. The van der Waals surface area contributed by atoms with Gasteiger partial charge in [0.1, 0.15) is 5.75 Å². The highest BCUT2D eigenvalue weighted by Crippen LogP contribution is 2.35. The molecule has 4 N–H and O–H groups in total. The lowest BCUT2D eigenvalue weighted by Gasteiger charge is -2.42. The fraction of sp³-hybridized carbons (Fsp3) is 0.647. The molecule has 0 saturated carbocycles. The quantitative estimate of drug-likeness (QED) is 0.812. The molecular weight excluding hydrogens is 290 g/mol. The van der Waals surface area contributed by atoms with Crippen molar-refractivity contribution in [2.24, 2.45) is 0 Å². The van der Waals surface area contributed by atoms with Gasteiger partial charge in [-0.15, -0.1) is 0 Å². The molecule has 3 rings (SSSR count). The first-order valence-electron chi connectivity index (χ1n) is 8.49. The van der Waals surface area contributed by atoms with Crippen molar-refractivity contribution in [3.63, 3.8) is 0 Å². The van der Waals surface area contributed by atoms with E-state index in [0.29, 0.717) is 17.5 Å². The van der Waals surface area contributed by atoms with Crippen molar-refractivity contribution in [2.45, 2.75) is 18.9 Å². The number of methoxy groups -OCH3 is 1. The number of hydrogen-bond acceptors (Lipinski definition) is 6. The van der Waals surface area contributed by atoms with Crippen LogP contribution in [-0.4, -0.2) is 69.3 Å². The molecule has 2 aliphatic rings. The summed E-state index contributed by atoms with van der Waals surface area (Å²) < 4.78 is 5.34. The molecule has 0 amide bonds.